The van der Waals surface area contributed by atoms with Gasteiger partial charge in [0.2, 0.25) is 0 Å². The van der Waals surface area contributed by atoms with E-state index in [4.69, 9.17) is 9.41 Å². The summed E-state index contributed by atoms with van der Waals surface area (Å²) in [7, 11) is -1.88. The van der Waals surface area contributed by atoms with Gasteiger partial charge in [-0.3, -0.25) is 4.98 Å². The first-order valence-corrected chi connectivity index (χ1v) is 11.7. The maximum absolute atomic E-state index is 10.7. The van der Waals surface area contributed by atoms with Crippen molar-refractivity contribution in [2.24, 2.45) is 0 Å². The van der Waals surface area contributed by atoms with Gasteiger partial charge in [0.15, 0.2) is 8.32 Å². The van der Waals surface area contributed by atoms with Crippen LogP contribution in [0.3, 0.4) is 0 Å². The van der Waals surface area contributed by atoms with Crippen LogP contribution in [-0.4, -0.2) is 25.0 Å². The molecule has 0 spiro atoms. The Morgan fingerprint density at radius 3 is 2.50 bits per heavy atom. The number of hydrogen-bond acceptors (Lipinski definition) is 3. The van der Waals surface area contributed by atoms with Crippen molar-refractivity contribution in [3.63, 3.8) is 0 Å². The van der Waals surface area contributed by atoms with Gasteiger partial charge >= 0.3 is 0 Å². The van der Waals surface area contributed by atoms with Gasteiger partial charge in [-0.1, -0.05) is 45.9 Å². The van der Waals surface area contributed by atoms with Crippen molar-refractivity contribution in [3.05, 3.63) is 41.1 Å². The highest BCUT2D eigenvalue weighted by atomic mass is 28.4. The molecule has 0 bridgehead atoms. The summed E-state index contributed by atoms with van der Waals surface area (Å²) in [5.74, 6) is 0. The third-order valence-electron chi connectivity index (χ3n) is 5.27. The van der Waals surface area contributed by atoms with E-state index >= 15 is 0 Å². The fraction of sp³-hybridized carbons (Fsp3) is 0.550. The van der Waals surface area contributed by atoms with Crippen LogP contribution in [-0.2, 0) is 10.8 Å². The van der Waals surface area contributed by atoms with E-state index in [1.807, 2.05) is 12.1 Å². The van der Waals surface area contributed by atoms with Gasteiger partial charge in [-0.2, -0.15) is 0 Å². The van der Waals surface area contributed by atoms with Crippen LogP contribution in [0.15, 0.2) is 24.3 Å². The second kappa shape index (κ2) is 6.94. The Hall–Kier alpha value is -1.23. The van der Waals surface area contributed by atoms with Crippen LogP contribution in [0.1, 0.15) is 50.6 Å². The van der Waals surface area contributed by atoms with Crippen molar-refractivity contribution in [1.82, 2.24) is 4.98 Å². The fourth-order valence-electron chi connectivity index (χ4n) is 2.59. The zero-order valence-electron chi connectivity index (χ0n) is 16.1. The molecule has 0 saturated heterocycles. The second-order valence-electron chi connectivity index (χ2n) is 8.11. The molecule has 1 unspecified atom stereocenters. The molecular formula is C20H31NO2Si. The first kappa shape index (κ1) is 19.1. The van der Waals surface area contributed by atoms with Crippen LogP contribution in [0.25, 0.3) is 10.9 Å². The number of aryl methyl sites for hydroxylation is 2. The van der Waals surface area contributed by atoms with Gasteiger partial charge in [0.05, 0.1) is 12.1 Å². The SMILES string of the molecule is CCc1nc2c(C(O)CO[Si](C)(C)C(C)(C)C)cccc2cc1C. The van der Waals surface area contributed by atoms with Gasteiger partial charge < -0.3 is 9.53 Å². The van der Waals surface area contributed by atoms with E-state index in [-0.39, 0.29) is 5.04 Å². The lowest BCUT2D eigenvalue weighted by Crippen LogP contribution is -2.41. The van der Waals surface area contributed by atoms with E-state index in [1.54, 1.807) is 0 Å². The number of rotatable bonds is 5. The normalized spacial score (nSPS) is 14.2. The molecule has 0 saturated carbocycles. The summed E-state index contributed by atoms with van der Waals surface area (Å²) in [4.78, 5) is 4.80. The first-order valence-electron chi connectivity index (χ1n) is 8.78. The lowest BCUT2D eigenvalue weighted by molar-refractivity contribution is 0.101. The summed E-state index contributed by atoms with van der Waals surface area (Å²) < 4.78 is 6.20. The van der Waals surface area contributed by atoms with E-state index in [2.05, 4.69) is 59.8 Å². The van der Waals surface area contributed by atoms with Gasteiger partial charge in [-0.05, 0) is 43.1 Å². The Morgan fingerprint density at radius 2 is 1.92 bits per heavy atom. The largest absolute Gasteiger partial charge is 0.414 e. The minimum absolute atomic E-state index is 0.135. The third kappa shape index (κ3) is 3.87. The molecule has 1 atom stereocenters. The molecule has 0 radical (unpaired) electrons. The molecule has 4 heteroatoms. The van der Waals surface area contributed by atoms with Gasteiger partial charge in [0.25, 0.3) is 0 Å². The molecule has 2 rings (SSSR count). The fourth-order valence-corrected chi connectivity index (χ4v) is 3.59. The van der Waals surface area contributed by atoms with Crippen molar-refractivity contribution in [2.45, 2.75) is 65.3 Å². The molecule has 1 aromatic heterocycles. The standard InChI is InChI=1S/C20H31NO2Si/c1-8-17-14(2)12-15-10-9-11-16(19(15)21-17)18(22)13-23-24(6,7)20(3,4)5/h9-12,18,22H,8,13H2,1-7H3. The van der Waals surface area contributed by atoms with Crippen molar-refractivity contribution < 1.29 is 9.53 Å². The summed E-state index contributed by atoms with van der Waals surface area (Å²) in [5, 5.41) is 12.0. The monoisotopic (exact) mass is 345 g/mol. The van der Waals surface area contributed by atoms with Crippen molar-refractivity contribution in [2.75, 3.05) is 6.61 Å². The average molecular weight is 346 g/mol. The molecule has 2 aromatic rings. The molecule has 0 fully saturated rings. The molecule has 1 heterocycles. The second-order valence-corrected chi connectivity index (χ2v) is 12.9. The van der Waals surface area contributed by atoms with Gasteiger partial charge in [0.1, 0.15) is 6.10 Å². The first-order chi connectivity index (χ1) is 11.1. The molecule has 3 nitrogen and oxygen atoms in total. The number of hydrogen-bond donors (Lipinski definition) is 1. The summed E-state index contributed by atoms with van der Waals surface area (Å²) in [6.45, 7) is 15.6. The zero-order chi connectivity index (χ0) is 18.1. The number of aliphatic hydroxyl groups is 1. The molecule has 0 amide bonds. The Morgan fingerprint density at radius 1 is 1.25 bits per heavy atom. The maximum Gasteiger partial charge on any atom is 0.192 e. The molecular weight excluding hydrogens is 314 g/mol. The lowest BCUT2D eigenvalue weighted by Gasteiger charge is -2.36. The molecule has 1 N–H and O–H groups in total. The van der Waals surface area contributed by atoms with E-state index < -0.39 is 14.4 Å². The van der Waals surface area contributed by atoms with Crippen LogP contribution in [0.4, 0.5) is 0 Å². The Bertz CT molecular complexity index is 719. The number of pyridine rings is 1. The highest BCUT2D eigenvalue weighted by Crippen LogP contribution is 2.37. The molecule has 0 aliphatic heterocycles. The van der Waals surface area contributed by atoms with Gasteiger partial charge in [-0.25, -0.2) is 0 Å². The van der Waals surface area contributed by atoms with Gasteiger partial charge in [-0.15, -0.1) is 0 Å². The Balaban J connectivity index is 2.31. The number of benzene rings is 1. The number of para-hydroxylation sites is 1. The molecule has 132 valence electrons. The van der Waals surface area contributed by atoms with Gasteiger partial charge in [0, 0.05) is 16.6 Å². The third-order valence-corrected chi connectivity index (χ3v) is 9.78. The van der Waals surface area contributed by atoms with Crippen molar-refractivity contribution >= 4 is 19.2 Å². The van der Waals surface area contributed by atoms with Crippen LogP contribution in [0.5, 0.6) is 0 Å². The minimum atomic E-state index is -1.88. The van der Waals surface area contributed by atoms with Crippen LogP contribution >= 0.6 is 0 Å². The van der Waals surface area contributed by atoms with E-state index in [0.29, 0.717) is 6.61 Å². The highest BCUT2D eigenvalue weighted by molar-refractivity contribution is 6.74. The van der Waals surface area contributed by atoms with E-state index in [9.17, 15) is 5.11 Å². The smallest absolute Gasteiger partial charge is 0.192 e. The number of aliphatic hydroxyl groups excluding tert-OH is 1. The van der Waals surface area contributed by atoms with E-state index in [1.165, 1.54) is 5.56 Å². The molecule has 1 aromatic carbocycles. The number of nitrogens with zero attached hydrogens (tertiary/aromatic N) is 1. The summed E-state index contributed by atoms with van der Waals surface area (Å²) in [6, 6.07) is 8.16. The highest BCUT2D eigenvalue weighted by Gasteiger charge is 2.37. The maximum atomic E-state index is 10.7. The number of aromatic nitrogens is 1. The predicted molar refractivity (Wildman–Crippen MR) is 104 cm³/mol. The Labute approximate surface area is 147 Å². The molecule has 24 heavy (non-hydrogen) atoms. The summed E-state index contributed by atoms with van der Waals surface area (Å²) >= 11 is 0. The van der Waals surface area contributed by atoms with Crippen LogP contribution in [0, 0.1) is 6.92 Å². The molecule has 0 aliphatic rings. The topological polar surface area (TPSA) is 42.4 Å². The van der Waals surface area contributed by atoms with E-state index in [0.717, 1.165) is 28.6 Å². The summed E-state index contributed by atoms with van der Waals surface area (Å²) in [6.07, 6.45) is 0.245. The molecule has 0 aliphatic carbocycles. The average Bonchev–Trinajstić information content (AvgIpc) is 2.50. The van der Waals surface area contributed by atoms with Crippen molar-refractivity contribution in [1.29, 1.82) is 0 Å². The zero-order valence-corrected chi connectivity index (χ0v) is 17.1. The summed E-state index contributed by atoms with van der Waals surface area (Å²) in [5.41, 5.74) is 4.05. The van der Waals surface area contributed by atoms with Crippen LogP contribution in [0.2, 0.25) is 18.1 Å². The predicted octanol–water partition coefficient (Wildman–Crippen LogP) is 5.16. The quantitative estimate of drug-likeness (QED) is 0.761. The van der Waals surface area contributed by atoms with Crippen LogP contribution < -0.4 is 0 Å². The minimum Gasteiger partial charge on any atom is -0.414 e. The number of fused-ring (bicyclic) bond motifs is 1. The van der Waals surface area contributed by atoms with Crippen molar-refractivity contribution in [3.8, 4) is 0 Å². The Kier molecular flexibility index (Phi) is 5.53. The lowest BCUT2D eigenvalue weighted by atomic mass is 10.0.